The van der Waals surface area contributed by atoms with Gasteiger partial charge in [0.25, 0.3) is 0 Å². The van der Waals surface area contributed by atoms with E-state index in [-0.39, 0.29) is 12.4 Å². The molecule has 0 aromatic heterocycles. The molecule has 0 saturated heterocycles. The molecule has 6 aromatic carbocycles. The van der Waals surface area contributed by atoms with E-state index in [2.05, 4.69) is 150 Å². The first-order valence-electron chi connectivity index (χ1n) is 22.0. The monoisotopic (exact) mass is 860 g/mol. The first-order valence-corrected chi connectivity index (χ1v) is 22.0. The minimum atomic E-state index is -0.249. The third-order valence-electron chi connectivity index (χ3n) is 11.6. The number of hydrogen-bond donors (Lipinski definition) is 1. The maximum Gasteiger partial charge on any atom is 0.161 e. The number of hydrogen-bond acceptors (Lipinski definition) is 8. The maximum atomic E-state index is 12.6. The summed E-state index contributed by atoms with van der Waals surface area (Å²) in [6, 6.07) is 42.4. The zero-order valence-electron chi connectivity index (χ0n) is 38.3. The van der Waals surface area contributed by atoms with Gasteiger partial charge in [0.05, 0.1) is 0 Å². The number of para-hydroxylation sites is 1. The third kappa shape index (κ3) is 11.5. The molecule has 8 nitrogen and oxygen atoms in total. The van der Waals surface area contributed by atoms with E-state index in [1.165, 1.54) is 56.5 Å². The molecule has 0 saturated carbocycles. The Kier molecular flexibility index (Phi) is 15.3. The van der Waals surface area contributed by atoms with Crippen molar-refractivity contribution < 1.29 is 23.3 Å². The molecule has 0 spiro atoms. The third-order valence-corrected chi connectivity index (χ3v) is 11.6. The summed E-state index contributed by atoms with van der Waals surface area (Å²) in [6.07, 6.45) is 5.58. The number of benzene rings is 6. The first kappa shape index (κ1) is 45.3. The van der Waals surface area contributed by atoms with Crippen LogP contribution in [0.1, 0.15) is 54.2 Å². The minimum Gasteiger partial charge on any atom is -0.477 e. The highest BCUT2D eigenvalue weighted by Crippen LogP contribution is 2.42. The van der Waals surface area contributed by atoms with Crippen molar-refractivity contribution in [2.75, 3.05) is 60.1 Å². The molecule has 332 valence electrons. The second-order valence-corrected chi connectivity index (χ2v) is 16.4. The SMILES string of the molecule is C/C=C(/F)COCNc1ccccc1C.C/C=C\C1=C(C)OCN(c2cccc(C)c2)C1.Cc1ccc(N2COc3c(ccc4c5c(ccc34)CN(c3ccc(C)cc3)CO5)C2)cc1. The zero-order chi connectivity index (χ0) is 45.0. The van der Waals surface area contributed by atoms with Crippen LogP contribution >= 0.6 is 0 Å². The Bertz CT molecular complexity index is 2500. The predicted molar refractivity (Wildman–Crippen MR) is 262 cm³/mol. The Labute approximate surface area is 378 Å². The molecule has 3 aliphatic heterocycles. The van der Waals surface area contributed by atoms with Crippen LogP contribution in [0.2, 0.25) is 0 Å². The van der Waals surface area contributed by atoms with Gasteiger partial charge >= 0.3 is 0 Å². The molecule has 0 bridgehead atoms. The standard InChI is InChI=1S/C28H26N2O2.C15H19NO.C12H16FNO/c1-19-3-9-23(10-4-19)29-15-21-7-13-26-25(27(21)31-17-29)14-8-22-16-30(18-32-28(22)26)24-11-5-20(2)6-12-24;1-4-6-14-10-16(11-17-13(14)3)15-8-5-7-12(2)9-15;1-3-11(13)8-15-9-14-12-7-5-4-6-10(12)2/h3-14H,15-18H2,1-2H3;4-9H,10-11H2,1-3H3;3-7,14H,8-9H2,1-2H3/b;6-4-;11-3+. The molecular weight excluding hydrogens is 800 g/mol. The average Bonchev–Trinajstić information content (AvgIpc) is 3.32. The number of allylic oxidation sites excluding steroid dienone is 3. The van der Waals surface area contributed by atoms with Gasteiger partial charge in [0.2, 0.25) is 0 Å². The van der Waals surface area contributed by atoms with Gasteiger partial charge in [0.1, 0.15) is 36.4 Å². The molecule has 0 unspecified atom stereocenters. The highest BCUT2D eigenvalue weighted by atomic mass is 19.1. The van der Waals surface area contributed by atoms with Gasteiger partial charge in [-0.25, -0.2) is 4.39 Å². The second kappa shape index (κ2) is 21.6. The number of rotatable bonds is 9. The van der Waals surface area contributed by atoms with E-state index in [0.29, 0.717) is 26.9 Å². The number of halogens is 1. The summed E-state index contributed by atoms with van der Waals surface area (Å²) in [5, 5.41) is 5.34. The van der Waals surface area contributed by atoms with Gasteiger partial charge in [0, 0.05) is 69.9 Å². The van der Waals surface area contributed by atoms with Gasteiger partial charge in [-0.05, 0) is 102 Å². The fourth-order valence-electron chi connectivity index (χ4n) is 7.78. The van der Waals surface area contributed by atoms with Gasteiger partial charge in [-0.3, -0.25) is 0 Å². The molecule has 1 N–H and O–H groups in total. The number of ether oxygens (including phenoxy) is 4. The molecule has 6 aromatic rings. The van der Waals surface area contributed by atoms with Crippen LogP contribution in [0.5, 0.6) is 11.5 Å². The van der Waals surface area contributed by atoms with E-state index >= 15 is 0 Å². The van der Waals surface area contributed by atoms with E-state index in [0.717, 1.165) is 58.9 Å². The summed E-state index contributed by atoms with van der Waals surface area (Å²) in [4.78, 5) is 6.78. The number of nitrogens with zero attached hydrogens (tertiary/aromatic N) is 3. The van der Waals surface area contributed by atoms with Crippen molar-refractivity contribution in [3.05, 3.63) is 190 Å². The van der Waals surface area contributed by atoms with Crippen LogP contribution < -0.4 is 29.5 Å². The lowest BCUT2D eigenvalue weighted by atomic mass is 9.99. The predicted octanol–water partition coefficient (Wildman–Crippen LogP) is 13.1. The van der Waals surface area contributed by atoms with Crippen LogP contribution in [-0.2, 0) is 22.6 Å². The van der Waals surface area contributed by atoms with Crippen LogP contribution in [0.15, 0.2) is 157 Å². The smallest absolute Gasteiger partial charge is 0.161 e. The quantitative estimate of drug-likeness (QED) is 0.114. The largest absolute Gasteiger partial charge is 0.477 e. The van der Waals surface area contributed by atoms with E-state index in [9.17, 15) is 4.39 Å². The molecule has 0 fully saturated rings. The second-order valence-electron chi connectivity index (χ2n) is 16.4. The summed E-state index contributed by atoms with van der Waals surface area (Å²) < 4.78 is 36.0. The molecule has 0 radical (unpaired) electrons. The van der Waals surface area contributed by atoms with Gasteiger partial charge in [-0.2, -0.15) is 0 Å². The topological polar surface area (TPSA) is 58.7 Å². The highest BCUT2D eigenvalue weighted by Gasteiger charge is 2.25. The molecule has 64 heavy (non-hydrogen) atoms. The van der Waals surface area contributed by atoms with Crippen molar-refractivity contribution in [3.8, 4) is 11.5 Å². The molecule has 0 aliphatic carbocycles. The summed E-state index contributed by atoms with van der Waals surface area (Å²) in [5.41, 5.74) is 13.2. The van der Waals surface area contributed by atoms with E-state index in [1.54, 1.807) is 6.92 Å². The Balaban J connectivity index is 0.000000161. The van der Waals surface area contributed by atoms with Gasteiger partial charge in [-0.15, -0.1) is 0 Å². The summed E-state index contributed by atoms with van der Waals surface area (Å²) in [6.45, 7) is 18.7. The molecule has 3 aliphatic rings. The summed E-state index contributed by atoms with van der Waals surface area (Å²) >= 11 is 0. The minimum absolute atomic E-state index is 0.0232. The van der Waals surface area contributed by atoms with Crippen molar-refractivity contribution in [2.45, 2.75) is 61.6 Å². The molecule has 3 heterocycles. The maximum absolute atomic E-state index is 12.6. The van der Waals surface area contributed by atoms with Crippen LogP contribution in [0, 0.1) is 27.7 Å². The Hall–Kier alpha value is -6.71. The summed E-state index contributed by atoms with van der Waals surface area (Å²) in [5.74, 6) is 2.75. The van der Waals surface area contributed by atoms with Crippen LogP contribution in [0.3, 0.4) is 0 Å². The molecule has 9 rings (SSSR count). The van der Waals surface area contributed by atoms with Crippen LogP contribution in [-0.4, -0.2) is 40.1 Å². The average molecular weight is 861 g/mol. The van der Waals surface area contributed by atoms with Crippen molar-refractivity contribution in [1.82, 2.24) is 0 Å². The Morgan fingerprint density at radius 1 is 0.609 bits per heavy atom. The van der Waals surface area contributed by atoms with E-state index in [1.807, 2.05) is 45.0 Å². The molecule has 0 amide bonds. The Morgan fingerprint density at radius 2 is 1.17 bits per heavy atom. The van der Waals surface area contributed by atoms with Crippen LogP contribution in [0.25, 0.3) is 10.8 Å². The number of fused-ring (bicyclic) bond motifs is 5. The van der Waals surface area contributed by atoms with Crippen molar-refractivity contribution in [2.24, 2.45) is 0 Å². The van der Waals surface area contributed by atoms with Crippen molar-refractivity contribution in [3.63, 3.8) is 0 Å². The highest BCUT2D eigenvalue weighted by molar-refractivity contribution is 5.95. The van der Waals surface area contributed by atoms with Crippen molar-refractivity contribution >= 4 is 33.5 Å². The van der Waals surface area contributed by atoms with Gasteiger partial charge in [0.15, 0.2) is 20.2 Å². The Morgan fingerprint density at radius 3 is 1.72 bits per heavy atom. The van der Waals surface area contributed by atoms with Crippen molar-refractivity contribution in [1.29, 1.82) is 0 Å². The first-order chi connectivity index (χ1) is 31.1. The lowest BCUT2D eigenvalue weighted by molar-refractivity contribution is 0.160. The van der Waals surface area contributed by atoms with Gasteiger partial charge in [-0.1, -0.05) is 108 Å². The van der Waals surface area contributed by atoms with Gasteiger partial charge < -0.3 is 39.0 Å². The molecule has 0 atom stereocenters. The lowest BCUT2D eigenvalue weighted by Gasteiger charge is -2.33. The zero-order valence-corrected chi connectivity index (χ0v) is 38.3. The normalized spacial score (nSPS) is 14.6. The summed E-state index contributed by atoms with van der Waals surface area (Å²) in [7, 11) is 0. The molecular formula is C55H61FN4O4. The lowest BCUT2D eigenvalue weighted by Crippen LogP contribution is -2.32. The number of aryl methyl sites for hydroxylation is 4. The van der Waals surface area contributed by atoms with E-state index in [4.69, 9.17) is 18.9 Å². The van der Waals surface area contributed by atoms with E-state index < -0.39 is 0 Å². The number of nitrogens with one attached hydrogen (secondary N) is 1. The number of anilines is 4. The molecule has 9 heteroatoms. The van der Waals surface area contributed by atoms with Crippen LogP contribution in [0.4, 0.5) is 27.1 Å². The fraction of sp³-hybridized carbons (Fsp3) is 0.273. The fourth-order valence-corrected chi connectivity index (χ4v) is 7.78.